The Labute approximate surface area is 114 Å². The van der Waals surface area contributed by atoms with Gasteiger partial charge in [0.15, 0.2) is 0 Å². The monoisotopic (exact) mass is 272 g/mol. The van der Waals surface area contributed by atoms with Crippen molar-refractivity contribution in [2.75, 3.05) is 12.4 Å². The van der Waals surface area contributed by atoms with Crippen LogP contribution in [0.1, 0.15) is 16.1 Å². The molecule has 0 radical (unpaired) electrons. The maximum atomic E-state index is 12.0. The molecular formula is C13H12N4O3. The van der Waals surface area contributed by atoms with Crippen LogP contribution in [-0.4, -0.2) is 22.8 Å². The first-order valence-corrected chi connectivity index (χ1v) is 5.70. The Morgan fingerprint density at radius 2 is 2.20 bits per heavy atom. The number of aromatic amines is 1. The van der Waals surface area contributed by atoms with E-state index in [0.717, 1.165) is 0 Å². The molecule has 1 aromatic heterocycles. The molecule has 0 aliphatic heterocycles. The zero-order valence-electron chi connectivity index (χ0n) is 10.9. The summed E-state index contributed by atoms with van der Waals surface area (Å²) in [6.45, 7) is 0. The van der Waals surface area contributed by atoms with E-state index in [-0.39, 0.29) is 11.3 Å². The van der Waals surface area contributed by atoms with Gasteiger partial charge in [-0.25, -0.2) is 0 Å². The van der Waals surface area contributed by atoms with Gasteiger partial charge in [-0.2, -0.15) is 5.26 Å². The largest absolute Gasteiger partial charge is 0.495 e. The minimum Gasteiger partial charge on any atom is -0.495 e. The van der Waals surface area contributed by atoms with Crippen LogP contribution in [-0.2, 0) is 7.05 Å². The molecule has 7 heteroatoms. The molecule has 1 aromatic carbocycles. The number of aromatic nitrogens is 2. The first-order chi connectivity index (χ1) is 9.55. The Bertz CT molecular complexity index is 752. The highest BCUT2D eigenvalue weighted by Gasteiger charge is 2.12. The van der Waals surface area contributed by atoms with Gasteiger partial charge in [0.2, 0.25) is 0 Å². The second kappa shape index (κ2) is 5.32. The summed E-state index contributed by atoms with van der Waals surface area (Å²) in [5, 5.41) is 14.0. The Morgan fingerprint density at radius 3 is 2.75 bits per heavy atom. The van der Waals surface area contributed by atoms with Crippen molar-refractivity contribution >= 4 is 11.6 Å². The van der Waals surface area contributed by atoms with E-state index in [9.17, 15) is 9.59 Å². The van der Waals surface area contributed by atoms with Gasteiger partial charge in [-0.15, -0.1) is 0 Å². The number of methoxy groups -OCH3 is 1. The molecule has 102 valence electrons. The van der Waals surface area contributed by atoms with Crippen LogP contribution < -0.4 is 15.6 Å². The summed E-state index contributed by atoms with van der Waals surface area (Å²) < 4.78 is 6.34. The van der Waals surface area contributed by atoms with Crippen LogP contribution in [0, 0.1) is 11.3 Å². The summed E-state index contributed by atoms with van der Waals surface area (Å²) >= 11 is 0. The highest BCUT2D eigenvalue weighted by Crippen LogP contribution is 2.21. The molecule has 2 aromatic rings. The smallest absolute Gasteiger partial charge is 0.273 e. The van der Waals surface area contributed by atoms with Crippen LogP contribution in [0.25, 0.3) is 0 Å². The van der Waals surface area contributed by atoms with Crippen molar-refractivity contribution in [1.29, 1.82) is 5.26 Å². The molecule has 1 amide bonds. The quantitative estimate of drug-likeness (QED) is 0.864. The lowest BCUT2D eigenvalue weighted by atomic mass is 10.2. The van der Waals surface area contributed by atoms with Crippen LogP contribution in [0.2, 0.25) is 0 Å². The molecule has 1 heterocycles. The van der Waals surface area contributed by atoms with E-state index < -0.39 is 5.91 Å². The first-order valence-electron chi connectivity index (χ1n) is 5.70. The summed E-state index contributed by atoms with van der Waals surface area (Å²) in [5.74, 6) is -0.0144. The second-order valence-electron chi connectivity index (χ2n) is 4.05. The Morgan fingerprint density at radius 1 is 1.45 bits per heavy atom. The van der Waals surface area contributed by atoms with Crippen LogP contribution in [0.5, 0.6) is 5.75 Å². The molecule has 0 atom stereocenters. The van der Waals surface area contributed by atoms with Crippen LogP contribution in [0.3, 0.4) is 0 Å². The van der Waals surface area contributed by atoms with Gasteiger partial charge in [0.05, 0.1) is 12.7 Å². The van der Waals surface area contributed by atoms with Crippen molar-refractivity contribution in [1.82, 2.24) is 9.78 Å². The van der Waals surface area contributed by atoms with E-state index >= 15 is 0 Å². The number of hydrogen-bond acceptors (Lipinski definition) is 4. The van der Waals surface area contributed by atoms with Gasteiger partial charge >= 0.3 is 0 Å². The number of carbonyl (C=O) groups excluding carboxylic acids is 1. The predicted octanol–water partition coefficient (Wildman–Crippen LogP) is 0.846. The molecule has 0 saturated carbocycles. The molecule has 0 unspecified atom stereocenters. The summed E-state index contributed by atoms with van der Waals surface area (Å²) in [6, 6.07) is 7.88. The summed E-state index contributed by atoms with van der Waals surface area (Å²) in [5.41, 5.74) is 0.601. The third kappa shape index (κ3) is 2.54. The lowest BCUT2D eigenvalue weighted by Gasteiger charge is -2.08. The van der Waals surface area contributed by atoms with Gasteiger partial charge < -0.3 is 10.1 Å². The van der Waals surface area contributed by atoms with Gasteiger partial charge in [0.25, 0.3) is 11.5 Å². The molecule has 7 nitrogen and oxygen atoms in total. The molecule has 2 N–H and O–H groups in total. The zero-order valence-corrected chi connectivity index (χ0v) is 10.9. The fraction of sp³-hybridized carbons (Fsp3) is 0.154. The molecule has 0 saturated heterocycles. The van der Waals surface area contributed by atoms with Gasteiger partial charge in [-0.05, 0) is 18.2 Å². The van der Waals surface area contributed by atoms with Crippen LogP contribution in [0.15, 0.2) is 29.1 Å². The summed E-state index contributed by atoms with van der Waals surface area (Å²) in [6.07, 6.45) is 0. The summed E-state index contributed by atoms with van der Waals surface area (Å²) in [7, 11) is 3.02. The number of benzene rings is 1. The fourth-order valence-electron chi connectivity index (χ4n) is 1.76. The van der Waals surface area contributed by atoms with Crippen LogP contribution >= 0.6 is 0 Å². The minimum atomic E-state index is -0.445. The van der Waals surface area contributed by atoms with Gasteiger partial charge in [-0.3, -0.25) is 19.4 Å². The van der Waals surface area contributed by atoms with Gasteiger partial charge in [-0.1, -0.05) is 0 Å². The molecular weight excluding hydrogens is 260 g/mol. The van der Waals surface area contributed by atoms with E-state index in [2.05, 4.69) is 10.4 Å². The van der Waals surface area contributed by atoms with E-state index in [1.807, 2.05) is 6.07 Å². The first kappa shape index (κ1) is 13.4. The maximum absolute atomic E-state index is 12.0. The zero-order chi connectivity index (χ0) is 14.7. The third-order valence-corrected chi connectivity index (χ3v) is 2.72. The van der Waals surface area contributed by atoms with E-state index in [4.69, 9.17) is 10.00 Å². The molecule has 0 spiro atoms. The van der Waals surface area contributed by atoms with Gasteiger partial charge in [0, 0.05) is 18.8 Å². The second-order valence-corrected chi connectivity index (χ2v) is 4.05. The number of ether oxygens (including phenoxy) is 1. The third-order valence-electron chi connectivity index (χ3n) is 2.72. The molecule has 0 aliphatic carbocycles. The topological polar surface area (TPSA) is 99.9 Å². The lowest BCUT2D eigenvalue weighted by molar-refractivity contribution is 0.101. The number of carbonyl (C=O) groups is 1. The molecule has 0 aliphatic rings. The standard InChI is InChI=1S/C13H12N4O3/c1-17-10(6-12(18)16-17)13(19)15-9-3-4-11(20-2)8(5-9)7-14/h3-6H,1-2H3,(H,15,19)(H,16,18). The molecule has 0 fully saturated rings. The SMILES string of the molecule is COc1ccc(NC(=O)c2cc(=O)[nH]n2C)cc1C#N. The average molecular weight is 272 g/mol. The number of nitrogens with zero attached hydrogens (tertiary/aromatic N) is 2. The van der Waals surface area contributed by atoms with E-state index in [0.29, 0.717) is 17.0 Å². The number of anilines is 1. The highest BCUT2D eigenvalue weighted by atomic mass is 16.5. The Hall–Kier alpha value is -3.01. The number of nitriles is 1. The van der Waals surface area contributed by atoms with Crippen LogP contribution in [0.4, 0.5) is 5.69 Å². The molecule has 20 heavy (non-hydrogen) atoms. The minimum absolute atomic E-state index is 0.198. The fourth-order valence-corrected chi connectivity index (χ4v) is 1.76. The van der Waals surface area contributed by atoms with Crippen molar-refractivity contribution in [2.24, 2.45) is 7.05 Å². The number of aryl methyl sites for hydroxylation is 1. The highest BCUT2D eigenvalue weighted by molar-refractivity contribution is 6.03. The number of amides is 1. The maximum Gasteiger partial charge on any atom is 0.273 e. The van der Waals surface area contributed by atoms with E-state index in [1.165, 1.54) is 23.9 Å². The lowest BCUT2D eigenvalue weighted by Crippen LogP contribution is -2.16. The average Bonchev–Trinajstić information content (AvgIpc) is 2.77. The normalized spacial score (nSPS) is 9.85. The van der Waals surface area contributed by atoms with Crippen molar-refractivity contribution in [3.05, 3.63) is 45.9 Å². The Kier molecular flexibility index (Phi) is 3.57. The van der Waals surface area contributed by atoms with Crippen molar-refractivity contribution < 1.29 is 9.53 Å². The molecule has 2 rings (SSSR count). The number of H-pyrrole nitrogens is 1. The number of hydrogen-bond donors (Lipinski definition) is 2. The number of nitrogens with one attached hydrogen (secondary N) is 2. The van der Waals surface area contributed by atoms with Gasteiger partial charge in [0.1, 0.15) is 17.5 Å². The molecule has 0 bridgehead atoms. The van der Waals surface area contributed by atoms with Crippen molar-refractivity contribution in [3.8, 4) is 11.8 Å². The van der Waals surface area contributed by atoms with Crippen molar-refractivity contribution in [3.63, 3.8) is 0 Å². The van der Waals surface area contributed by atoms with Crippen molar-refractivity contribution in [2.45, 2.75) is 0 Å². The van der Waals surface area contributed by atoms with E-state index in [1.54, 1.807) is 19.2 Å². The predicted molar refractivity (Wildman–Crippen MR) is 71.7 cm³/mol. The number of rotatable bonds is 3. The summed E-state index contributed by atoms with van der Waals surface area (Å²) in [4.78, 5) is 23.1. The Balaban J connectivity index is 2.27.